The summed E-state index contributed by atoms with van der Waals surface area (Å²) in [5.41, 5.74) is 4.93. The molecule has 2 N–H and O–H groups in total. The smallest absolute Gasteiger partial charge is 0.229 e. The van der Waals surface area contributed by atoms with Gasteiger partial charge in [0.1, 0.15) is 11.5 Å². The minimum Gasteiger partial charge on any atom is -0.382 e. The first kappa shape index (κ1) is 24.2. The lowest BCUT2D eigenvalue weighted by atomic mass is 9.95. The van der Waals surface area contributed by atoms with E-state index in [2.05, 4.69) is 50.6 Å². The average Bonchev–Trinajstić information content (AvgIpc) is 3.28. The number of nitrogens with zero attached hydrogens (tertiary/aromatic N) is 3. The molecule has 2 fully saturated rings. The Bertz CT molecular complexity index is 1350. The van der Waals surface area contributed by atoms with Gasteiger partial charge in [-0.3, -0.25) is 0 Å². The van der Waals surface area contributed by atoms with Gasteiger partial charge >= 0.3 is 0 Å². The van der Waals surface area contributed by atoms with Gasteiger partial charge in [-0.2, -0.15) is 4.98 Å². The summed E-state index contributed by atoms with van der Waals surface area (Å²) in [4.78, 5) is 9.50. The number of nitrogens with one attached hydrogen (secondary N) is 2. The lowest BCUT2D eigenvalue weighted by molar-refractivity contribution is 0.360. The van der Waals surface area contributed by atoms with Gasteiger partial charge in [0.05, 0.1) is 0 Å². The van der Waals surface area contributed by atoms with Gasteiger partial charge in [0.2, 0.25) is 5.95 Å². The summed E-state index contributed by atoms with van der Waals surface area (Å²) in [6.07, 6.45) is 16.7. The third-order valence-corrected chi connectivity index (χ3v) is 8.05. The molecule has 0 unspecified atom stereocenters. The van der Waals surface area contributed by atoms with Crippen molar-refractivity contribution in [2.24, 2.45) is 0 Å². The molecular weight excluding hydrogens is 485 g/mol. The maximum absolute atomic E-state index is 13.9. The van der Waals surface area contributed by atoms with Gasteiger partial charge in [-0.15, -0.1) is 0 Å². The molecule has 2 aliphatic carbocycles. The van der Waals surface area contributed by atoms with Gasteiger partial charge in [-0.25, -0.2) is 9.37 Å². The molecule has 0 aliphatic heterocycles. The molecule has 0 saturated heterocycles. The Balaban J connectivity index is 1.33. The topological polar surface area (TPSA) is 54.8 Å². The van der Waals surface area contributed by atoms with Crippen molar-refractivity contribution < 1.29 is 4.39 Å². The Morgan fingerprint density at radius 1 is 0.865 bits per heavy atom. The van der Waals surface area contributed by atoms with Crippen LogP contribution >= 0.6 is 11.6 Å². The SMILES string of the molecule is Fc1cc(Cl)cc(Nc2ncc3c(-c4ccc(NC5CCCCC5)cc4)cn(C4CCCCC4)c3n2)c1. The summed E-state index contributed by atoms with van der Waals surface area (Å²) in [5.74, 6) is 0.0354. The fourth-order valence-electron chi connectivity index (χ4n) is 5.94. The van der Waals surface area contributed by atoms with Crippen LogP contribution in [0.3, 0.4) is 0 Å². The molecule has 5 nitrogen and oxygen atoms in total. The van der Waals surface area contributed by atoms with E-state index in [1.807, 2.05) is 6.20 Å². The van der Waals surface area contributed by atoms with Crippen LogP contribution in [0.25, 0.3) is 22.2 Å². The van der Waals surface area contributed by atoms with E-state index in [1.165, 1.54) is 69.2 Å². The van der Waals surface area contributed by atoms with Gasteiger partial charge in [-0.05, 0) is 61.6 Å². The molecular formula is C30H33ClFN5. The zero-order chi connectivity index (χ0) is 25.2. The fourth-order valence-corrected chi connectivity index (χ4v) is 6.16. The predicted molar refractivity (Wildman–Crippen MR) is 150 cm³/mol. The Labute approximate surface area is 222 Å². The van der Waals surface area contributed by atoms with Crippen LogP contribution in [-0.2, 0) is 0 Å². The first-order chi connectivity index (χ1) is 18.1. The molecule has 7 heteroatoms. The number of aromatic nitrogens is 3. The maximum atomic E-state index is 13.9. The lowest BCUT2D eigenvalue weighted by Gasteiger charge is -2.24. The quantitative estimate of drug-likeness (QED) is 0.268. The van der Waals surface area contributed by atoms with Crippen LogP contribution in [0.2, 0.25) is 5.02 Å². The van der Waals surface area contributed by atoms with Crippen LogP contribution in [0.4, 0.5) is 21.7 Å². The van der Waals surface area contributed by atoms with Crippen LogP contribution in [-0.4, -0.2) is 20.6 Å². The normalized spacial score (nSPS) is 17.2. The second kappa shape index (κ2) is 10.7. The first-order valence-corrected chi connectivity index (χ1v) is 14.0. The number of hydrogen-bond donors (Lipinski definition) is 2. The summed E-state index contributed by atoms with van der Waals surface area (Å²) >= 11 is 6.05. The number of hydrogen-bond acceptors (Lipinski definition) is 4. The molecule has 0 atom stereocenters. The number of rotatable bonds is 6. The van der Waals surface area contributed by atoms with Gasteiger partial charge in [0.25, 0.3) is 0 Å². The highest BCUT2D eigenvalue weighted by atomic mass is 35.5. The van der Waals surface area contributed by atoms with Crippen LogP contribution in [0.1, 0.15) is 70.3 Å². The summed E-state index contributed by atoms with van der Waals surface area (Å²) in [7, 11) is 0. The lowest BCUT2D eigenvalue weighted by Crippen LogP contribution is -2.22. The third-order valence-electron chi connectivity index (χ3n) is 7.83. The van der Waals surface area contributed by atoms with Crippen molar-refractivity contribution >= 4 is 40.0 Å². The number of halogens is 2. The highest BCUT2D eigenvalue weighted by Crippen LogP contribution is 2.37. The second-order valence-electron chi connectivity index (χ2n) is 10.5. The van der Waals surface area contributed by atoms with Crippen LogP contribution in [0, 0.1) is 5.82 Å². The highest BCUT2D eigenvalue weighted by Gasteiger charge is 2.21. The van der Waals surface area contributed by atoms with E-state index >= 15 is 0 Å². The molecule has 0 radical (unpaired) electrons. The second-order valence-corrected chi connectivity index (χ2v) is 10.9. The molecule has 37 heavy (non-hydrogen) atoms. The largest absolute Gasteiger partial charge is 0.382 e. The Morgan fingerprint density at radius 3 is 2.32 bits per heavy atom. The minimum absolute atomic E-state index is 0.331. The molecule has 192 valence electrons. The van der Waals surface area contributed by atoms with E-state index in [-0.39, 0.29) is 0 Å². The summed E-state index contributed by atoms with van der Waals surface area (Å²) in [5, 5.41) is 8.21. The van der Waals surface area contributed by atoms with E-state index in [9.17, 15) is 4.39 Å². The molecule has 0 spiro atoms. The molecule has 2 heterocycles. The molecule has 2 aliphatic rings. The standard InChI is InChI=1S/C30H33ClFN5/c31-21-15-22(32)17-25(16-21)35-30-33-18-27-28(19-37(29(27)36-30)26-9-5-2-6-10-26)20-11-13-24(14-12-20)34-23-7-3-1-4-8-23/h11-19,23,26,34H,1-10H2,(H,33,35,36). The van der Waals surface area contributed by atoms with E-state index in [1.54, 1.807) is 6.07 Å². The number of fused-ring (bicyclic) bond motifs is 1. The minimum atomic E-state index is -0.398. The van der Waals surface area contributed by atoms with Crippen molar-refractivity contribution in [2.45, 2.75) is 76.3 Å². The van der Waals surface area contributed by atoms with Crippen LogP contribution < -0.4 is 10.6 Å². The van der Waals surface area contributed by atoms with E-state index in [4.69, 9.17) is 16.6 Å². The summed E-state index contributed by atoms with van der Waals surface area (Å²) < 4.78 is 16.2. The molecule has 0 bridgehead atoms. The predicted octanol–water partition coefficient (Wildman–Crippen LogP) is 8.88. The van der Waals surface area contributed by atoms with Crippen molar-refractivity contribution in [3.8, 4) is 11.1 Å². The zero-order valence-electron chi connectivity index (χ0n) is 21.0. The number of benzene rings is 2. The van der Waals surface area contributed by atoms with Crippen molar-refractivity contribution in [1.29, 1.82) is 0 Å². The molecule has 0 amide bonds. The zero-order valence-corrected chi connectivity index (χ0v) is 21.8. The van der Waals surface area contributed by atoms with Crippen molar-refractivity contribution in [3.63, 3.8) is 0 Å². The Kier molecular flexibility index (Phi) is 7.01. The van der Waals surface area contributed by atoms with E-state index < -0.39 is 5.82 Å². The van der Waals surface area contributed by atoms with Crippen molar-refractivity contribution in [3.05, 3.63) is 65.7 Å². The van der Waals surface area contributed by atoms with Crippen LogP contribution in [0.5, 0.6) is 0 Å². The summed E-state index contributed by atoms with van der Waals surface area (Å²) in [6, 6.07) is 14.1. The molecule has 2 saturated carbocycles. The van der Waals surface area contributed by atoms with Gasteiger partial charge in [0, 0.05) is 51.8 Å². The Morgan fingerprint density at radius 2 is 1.59 bits per heavy atom. The molecule has 6 rings (SSSR count). The van der Waals surface area contributed by atoms with Gasteiger partial charge in [0.15, 0.2) is 0 Å². The van der Waals surface area contributed by atoms with Crippen LogP contribution in [0.15, 0.2) is 54.9 Å². The molecule has 4 aromatic rings. The number of anilines is 3. The average molecular weight is 518 g/mol. The molecule has 2 aromatic heterocycles. The monoisotopic (exact) mass is 517 g/mol. The third kappa shape index (κ3) is 5.45. The van der Waals surface area contributed by atoms with Crippen molar-refractivity contribution in [2.75, 3.05) is 10.6 Å². The highest BCUT2D eigenvalue weighted by molar-refractivity contribution is 6.30. The van der Waals surface area contributed by atoms with Crippen molar-refractivity contribution in [1.82, 2.24) is 14.5 Å². The van der Waals surface area contributed by atoms with E-state index in [0.29, 0.717) is 28.7 Å². The molecule has 2 aromatic carbocycles. The van der Waals surface area contributed by atoms with Gasteiger partial charge in [-0.1, -0.05) is 62.3 Å². The summed E-state index contributed by atoms with van der Waals surface area (Å²) in [6.45, 7) is 0. The fraction of sp³-hybridized carbons (Fsp3) is 0.400. The Hall–Kier alpha value is -3.12. The first-order valence-electron chi connectivity index (χ1n) is 13.6. The van der Waals surface area contributed by atoms with E-state index in [0.717, 1.165) is 35.0 Å². The van der Waals surface area contributed by atoms with Gasteiger partial charge < -0.3 is 15.2 Å². The maximum Gasteiger partial charge on any atom is 0.229 e.